The molecule has 1 fully saturated rings. The first-order chi connectivity index (χ1) is 10.2. The second kappa shape index (κ2) is 8.25. The fourth-order valence-corrected chi connectivity index (χ4v) is 3.34. The third-order valence-corrected chi connectivity index (χ3v) is 4.59. The third kappa shape index (κ3) is 7.05. The minimum Gasteiger partial charge on any atom is -0.408 e. The normalized spacial score (nSPS) is 21.0. The number of hydrogen-bond donors (Lipinski definition) is 0. The zero-order valence-electron chi connectivity index (χ0n) is 15.1. The van der Waals surface area contributed by atoms with E-state index in [0.29, 0.717) is 13.2 Å². The molecule has 0 aromatic carbocycles. The Bertz CT molecular complexity index is 426. The molecular weight excluding hydrogens is 292 g/mol. The Labute approximate surface area is 137 Å². The third-order valence-electron chi connectivity index (χ3n) is 3.63. The van der Waals surface area contributed by atoms with Crippen LogP contribution < -0.4 is 0 Å². The van der Waals surface area contributed by atoms with Gasteiger partial charge in [-0.2, -0.15) is 0 Å². The van der Waals surface area contributed by atoms with Crippen LogP contribution >= 0.6 is 0 Å². The van der Waals surface area contributed by atoms with Gasteiger partial charge in [-0.15, -0.1) is 0 Å². The standard InChI is InChI=1S/C18H32O3Si/c1-8-15(2)14-17(21-22(5,6)7)16(3)10-9-11-18(4)19-12-13-20-18/h8,10,14,17H,1,9,11-13H2,2-7H3/b15-14+,16-10+. The average molecular weight is 325 g/mol. The van der Waals surface area contributed by atoms with Gasteiger partial charge in [0.15, 0.2) is 14.1 Å². The Balaban J connectivity index is 2.70. The van der Waals surface area contributed by atoms with Crippen LogP contribution in [0.25, 0.3) is 0 Å². The van der Waals surface area contributed by atoms with Gasteiger partial charge in [0.1, 0.15) is 0 Å². The first-order valence-electron chi connectivity index (χ1n) is 8.08. The van der Waals surface area contributed by atoms with Crippen molar-refractivity contribution in [3.63, 3.8) is 0 Å². The molecule has 1 saturated heterocycles. The monoisotopic (exact) mass is 324 g/mol. The molecule has 1 unspecified atom stereocenters. The van der Waals surface area contributed by atoms with Gasteiger partial charge in [0.2, 0.25) is 0 Å². The van der Waals surface area contributed by atoms with Crippen LogP contribution in [0.4, 0.5) is 0 Å². The minimum atomic E-state index is -1.61. The van der Waals surface area contributed by atoms with Gasteiger partial charge < -0.3 is 13.9 Å². The maximum atomic E-state index is 6.30. The van der Waals surface area contributed by atoms with Crippen LogP contribution in [0.1, 0.15) is 33.6 Å². The van der Waals surface area contributed by atoms with Gasteiger partial charge in [0.25, 0.3) is 0 Å². The van der Waals surface area contributed by atoms with Crippen LogP contribution in [0, 0.1) is 0 Å². The maximum absolute atomic E-state index is 6.30. The first-order valence-corrected chi connectivity index (χ1v) is 11.5. The number of allylic oxidation sites excluding steroid dienone is 3. The molecule has 0 bridgehead atoms. The molecule has 0 saturated carbocycles. The van der Waals surface area contributed by atoms with E-state index < -0.39 is 14.1 Å². The number of rotatable bonds is 8. The Morgan fingerprint density at radius 3 is 2.36 bits per heavy atom. The van der Waals surface area contributed by atoms with E-state index in [1.165, 1.54) is 5.57 Å². The number of ether oxygens (including phenoxy) is 2. The van der Waals surface area contributed by atoms with Gasteiger partial charge in [-0.25, -0.2) is 0 Å². The highest BCUT2D eigenvalue weighted by atomic mass is 28.4. The molecule has 1 rings (SSSR count). The summed E-state index contributed by atoms with van der Waals surface area (Å²) in [5.41, 5.74) is 2.38. The fraction of sp³-hybridized carbons (Fsp3) is 0.667. The molecule has 22 heavy (non-hydrogen) atoms. The topological polar surface area (TPSA) is 27.7 Å². The Morgan fingerprint density at radius 2 is 1.86 bits per heavy atom. The smallest absolute Gasteiger partial charge is 0.185 e. The summed E-state index contributed by atoms with van der Waals surface area (Å²) < 4.78 is 17.6. The second-order valence-electron chi connectivity index (χ2n) is 7.08. The minimum absolute atomic E-state index is 0.0305. The van der Waals surface area contributed by atoms with Crippen molar-refractivity contribution in [2.24, 2.45) is 0 Å². The first kappa shape index (κ1) is 19.4. The van der Waals surface area contributed by atoms with Gasteiger partial charge in [0, 0.05) is 6.42 Å². The maximum Gasteiger partial charge on any atom is 0.185 e. The zero-order chi connectivity index (χ0) is 16.8. The van der Waals surface area contributed by atoms with Crippen molar-refractivity contribution in [3.05, 3.63) is 36.0 Å². The molecule has 1 aliphatic heterocycles. The summed E-state index contributed by atoms with van der Waals surface area (Å²) in [6.07, 6.45) is 8.09. The predicted molar refractivity (Wildman–Crippen MR) is 95.5 cm³/mol. The summed E-state index contributed by atoms with van der Waals surface area (Å²) in [6, 6.07) is 0. The molecule has 0 N–H and O–H groups in total. The molecule has 1 atom stereocenters. The summed E-state index contributed by atoms with van der Waals surface area (Å²) in [5.74, 6) is -0.418. The van der Waals surface area contributed by atoms with Gasteiger partial charge in [-0.3, -0.25) is 0 Å². The summed E-state index contributed by atoms with van der Waals surface area (Å²) in [6.45, 7) is 18.1. The van der Waals surface area contributed by atoms with E-state index in [1.54, 1.807) is 0 Å². The average Bonchev–Trinajstić information content (AvgIpc) is 2.83. The van der Waals surface area contributed by atoms with Crippen molar-refractivity contribution in [3.8, 4) is 0 Å². The highest BCUT2D eigenvalue weighted by molar-refractivity contribution is 6.69. The highest BCUT2D eigenvalue weighted by Gasteiger charge is 2.30. The van der Waals surface area contributed by atoms with E-state index >= 15 is 0 Å². The zero-order valence-corrected chi connectivity index (χ0v) is 16.1. The van der Waals surface area contributed by atoms with Crippen molar-refractivity contribution in [2.75, 3.05) is 13.2 Å². The Kier molecular flexibility index (Phi) is 7.26. The molecule has 0 spiro atoms. The van der Waals surface area contributed by atoms with Gasteiger partial charge in [-0.1, -0.05) is 24.3 Å². The largest absolute Gasteiger partial charge is 0.408 e. The second-order valence-corrected chi connectivity index (χ2v) is 11.5. The summed E-state index contributed by atoms with van der Waals surface area (Å²) in [5, 5.41) is 0. The van der Waals surface area contributed by atoms with Crippen LogP contribution in [0.15, 0.2) is 36.0 Å². The lowest BCUT2D eigenvalue weighted by molar-refractivity contribution is -0.145. The van der Waals surface area contributed by atoms with Gasteiger partial charge in [0.05, 0.1) is 19.3 Å². The Hall–Kier alpha value is -0.683. The van der Waals surface area contributed by atoms with E-state index in [-0.39, 0.29) is 6.10 Å². The van der Waals surface area contributed by atoms with Crippen LogP contribution in [0.5, 0.6) is 0 Å². The number of hydrogen-bond acceptors (Lipinski definition) is 3. The molecule has 1 heterocycles. The lowest BCUT2D eigenvalue weighted by atomic mass is 10.1. The molecule has 126 valence electrons. The quantitative estimate of drug-likeness (QED) is 0.364. The Morgan fingerprint density at radius 1 is 1.27 bits per heavy atom. The molecule has 0 aromatic rings. The molecule has 0 aromatic heterocycles. The summed E-state index contributed by atoms with van der Waals surface area (Å²) in [7, 11) is -1.61. The molecule has 0 amide bonds. The molecule has 4 heteroatoms. The fourth-order valence-electron chi connectivity index (χ4n) is 2.33. The van der Waals surface area contributed by atoms with Crippen molar-refractivity contribution in [1.29, 1.82) is 0 Å². The highest BCUT2D eigenvalue weighted by Crippen LogP contribution is 2.25. The molecular formula is C18H32O3Si. The van der Waals surface area contributed by atoms with Crippen LogP contribution in [0.2, 0.25) is 19.6 Å². The van der Waals surface area contributed by atoms with Crippen LogP contribution in [-0.2, 0) is 13.9 Å². The van der Waals surface area contributed by atoms with E-state index in [9.17, 15) is 0 Å². The van der Waals surface area contributed by atoms with E-state index in [4.69, 9.17) is 13.9 Å². The molecule has 1 aliphatic rings. The van der Waals surface area contributed by atoms with Crippen molar-refractivity contribution in [1.82, 2.24) is 0 Å². The lowest BCUT2D eigenvalue weighted by Crippen LogP contribution is -2.32. The summed E-state index contributed by atoms with van der Waals surface area (Å²) in [4.78, 5) is 0. The van der Waals surface area contributed by atoms with Gasteiger partial charge >= 0.3 is 0 Å². The van der Waals surface area contributed by atoms with Crippen LogP contribution in [-0.4, -0.2) is 33.4 Å². The van der Waals surface area contributed by atoms with E-state index in [0.717, 1.165) is 18.4 Å². The SMILES string of the molecule is C=C/C(C)=C/C(O[Si](C)(C)C)/C(C)=C/CCC1(C)OCCO1. The van der Waals surface area contributed by atoms with E-state index in [1.807, 2.05) is 13.0 Å². The molecule has 3 nitrogen and oxygen atoms in total. The summed E-state index contributed by atoms with van der Waals surface area (Å²) >= 11 is 0. The predicted octanol–water partition coefficient (Wildman–Crippen LogP) is 4.83. The van der Waals surface area contributed by atoms with Gasteiger partial charge in [-0.05, 0) is 58.5 Å². The molecule has 0 radical (unpaired) electrons. The van der Waals surface area contributed by atoms with Crippen molar-refractivity contribution < 1.29 is 13.9 Å². The van der Waals surface area contributed by atoms with Crippen molar-refractivity contribution in [2.45, 2.75) is 65.1 Å². The molecule has 0 aliphatic carbocycles. The lowest BCUT2D eigenvalue weighted by Gasteiger charge is -2.26. The van der Waals surface area contributed by atoms with E-state index in [2.05, 4.69) is 52.2 Å². The van der Waals surface area contributed by atoms with Crippen molar-refractivity contribution >= 4 is 8.32 Å². The van der Waals surface area contributed by atoms with Crippen LogP contribution in [0.3, 0.4) is 0 Å².